The van der Waals surface area contributed by atoms with Gasteiger partial charge in [0.25, 0.3) is 0 Å². The van der Waals surface area contributed by atoms with Crippen molar-refractivity contribution in [3.8, 4) is 5.75 Å². The number of fused-ring (bicyclic) bond motifs is 3. The molecule has 2 N–H and O–H groups in total. The molecule has 9 heteroatoms. The van der Waals surface area contributed by atoms with Crippen LogP contribution in [-0.2, 0) is 4.79 Å². The Bertz CT molecular complexity index is 1110. The number of carbonyl (C=O) groups is 2. The predicted molar refractivity (Wildman–Crippen MR) is 134 cm³/mol. The van der Waals surface area contributed by atoms with E-state index in [2.05, 4.69) is 22.5 Å². The van der Waals surface area contributed by atoms with Crippen molar-refractivity contribution >= 4 is 17.6 Å². The first-order valence-electron chi connectivity index (χ1n) is 12.6. The van der Waals surface area contributed by atoms with Crippen LogP contribution in [0.15, 0.2) is 48.5 Å². The van der Waals surface area contributed by atoms with E-state index >= 15 is 0 Å². The Morgan fingerprint density at radius 2 is 1.86 bits per heavy atom. The van der Waals surface area contributed by atoms with Gasteiger partial charge in [0.15, 0.2) is 5.78 Å². The zero-order valence-electron chi connectivity index (χ0n) is 20.5. The van der Waals surface area contributed by atoms with Crippen molar-refractivity contribution in [3.05, 3.63) is 59.9 Å². The minimum atomic E-state index is -0.862. The van der Waals surface area contributed by atoms with E-state index in [0.717, 1.165) is 38.0 Å². The number of carboxylic acid groups (broad SMARTS) is 1. The van der Waals surface area contributed by atoms with E-state index in [0.29, 0.717) is 37.6 Å². The van der Waals surface area contributed by atoms with Gasteiger partial charge in [-0.15, -0.1) is 0 Å². The van der Waals surface area contributed by atoms with Gasteiger partial charge in [0.1, 0.15) is 23.7 Å². The van der Waals surface area contributed by atoms with Gasteiger partial charge in [-0.2, -0.15) is 0 Å². The molecule has 0 bridgehead atoms. The van der Waals surface area contributed by atoms with Crippen molar-refractivity contribution < 1.29 is 23.8 Å². The molecule has 2 unspecified atom stereocenters. The van der Waals surface area contributed by atoms with Crippen LogP contribution in [0.4, 0.5) is 14.9 Å². The number of nitrogens with zero attached hydrogens (tertiary/aromatic N) is 3. The molecule has 36 heavy (non-hydrogen) atoms. The molecular weight excluding hydrogens is 463 g/mol. The summed E-state index contributed by atoms with van der Waals surface area (Å²) in [5.74, 6) is 0.150. The van der Waals surface area contributed by atoms with E-state index in [-0.39, 0.29) is 23.6 Å². The molecule has 3 aliphatic rings. The maximum absolute atomic E-state index is 14.2. The lowest BCUT2D eigenvalue weighted by molar-refractivity contribution is -0.123. The first-order valence-corrected chi connectivity index (χ1v) is 12.6. The van der Waals surface area contributed by atoms with Crippen LogP contribution < -0.4 is 15.2 Å². The number of hydrogen-bond acceptors (Lipinski definition) is 6. The van der Waals surface area contributed by atoms with E-state index in [9.17, 15) is 14.0 Å². The summed E-state index contributed by atoms with van der Waals surface area (Å²) >= 11 is 0. The van der Waals surface area contributed by atoms with Crippen LogP contribution in [0.25, 0.3) is 0 Å². The Kier molecular flexibility index (Phi) is 6.85. The quantitative estimate of drug-likeness (QED) is 0.568. The number of hydrazine groups is 1. The van der Waals surface area contributed by atoms with Gasteiger partial charge in [-0.1, -0.05) is 30.3 Å². The van der Waals surface area contributed by atoms with Crippen molar-refractivity contribution in [2.24, 2.45) is 0 Å². The summed E-state index contributed by atoms with van der Waals surface area (Å²) in [6, 6.07) is 14.4. The third-order valence-electron chi connectivity index (χ3n) is 7.88. The summed E-state index contributed by atoms with van der Waals surface area (Å²) in [6.07, 6.45) is 1.50. The number of anilines is 1. The number of carbonyl (C=O) groups excluding carboxylic acids is 1. The number of Topliss-reactive ketones (excluding diaryl/α,β-unsaturated/α-hetero) is 1. The third kappa shape index (κ3) is 4.53. The van der Waals surface area contributed by atoms with Crippen molar-refractivity contribution in [3.63, 3.8) is 0 Å². The van der Waals surface area contributed by atoms with Crippen LogP contribution in [0.2, 0.25) is 0 Å². The highest BCUT2D eigenvalue weighted by Gasteiger charge is 2.57. The number of halogens is 1. The molecule has 3 heterocycles. The van der Waals surface area contributed by atoms with Crippen molar-refractivity contribution in [1.29, 1.82) is 0 Å². The van der Waals surface area contributed by atoms with Crippen LogP contribution >= 0.6 is 0 Å². The predicted octanol–water partition coefficient (Wildman–Crippen LogP) is 3.49. The van der Waals surface area contributed by atoms with E-state index in [1.54, 1.807) is 13.0 Å². The van der Waals surface area contributed by atoms with Gasteiger partial charge >= 0.3 is 6.09 Å². The van der Waals surface area contributed by atoms with Gasteiger partial charge in [0.2, 0.25) is 0 Å². The lowest BCUT2D eigenvalue weighted by Gasteiger charge is -2.35. The SMILES string of the molecule is CC(=O)C1(CCCCN2CCN(C(=O)O)CC2)NN2c3cc(F)ccc3OCC2[C@H]1c1ccccc1. The third-order valence-corrected chi connectivity index (χ3v) is 7.88. The standard InChI is InChI=1S/C27H33FN4O4/c1-19(33)27(11-5-6-12-30-13-15-31(16-14-30)26(34)35)25(20-7-3-2-4-8-20)23-18-36-24-10-9-21(28)17-22(24)32(23)29-27/h2-4,7-10,17,23,25,29H,5-6,11-16,18H2,1H3,(H,34,35)/t23?,25-,27?/m1/s1. The second-order valence-electron chi connectivity index (χ2n) is 9.96. The lowest BCUT2D eigenvalue weighted by atomic mass is 9.72. The number of unbranched alkanes of at least 4 members (excludes halogenated alkanes) is 1. The van der Waals surface area contributed by atoms with Crippen LogP contribution in [0.5, 0.6) is 5.75 Å². The Morgan fingerprint density at radius 3 is 2.56 bits per heavy atom. The highest BCUT2D eigenvalue weighted by atomic mass is 19.1. The topological polar surface area (TPSA) is 85.4 Å². The number of nitrogens with one attached hydrogen (secondary N) is 1. The maximum atomic E-state index is 14.2. The fourth-order valence-electron chi connectivity index (χ4n) is 5.98. The number of benzene rings is 2. The number of ether oxygens (including phenoxy) is 1. The second-order valence-corrected chi connectivity index (χ2v) is 9.96. The molecule has 8 nitrogen and oxygen atoms in total. The molecular formula is C27H33FN4O4. The number of rotatable bonds is 7. The number of hydrogen-bond donors (Lipinski definition) is 2. The lowest BCUT2D eigenvalue weighted by Crippen LogP contribution is -2.53. The number of piperazine rings is 1. The fraction of sp³-hybridized carbons (Fsp3) is 0.481. The summed E-state index contributed by atoms with van der Waals surface area (Å²) in [5.41, 5.74) is 4.38. The first-order chi connectivity index (χ1) is 17.4. The Morgan fingerprint density at radius 1 is 1.11 bits per heavy atom. The van der Waals surface area contributed by atoms with Gasteiger partial charge in [-0.05, 0) is 50.4 Å². The summed E-state index contributed by atoms with van der Waals surface area (Å²) < 4.78 is 20.2. The van der Waals surface area contributed by atoms with Gasteiger partial charge in [0.05, 0.1) is 11.7 Å². The molecule has 0 aromatic heterocycles. The summed E-state index contributed by atoms with van der Waals surface area (Å²) in [6.45, 7) is 5.40. The van der Waals surface area contributed by atoms with Crippen molar-refractivity contribution in [2.75, 3.05) is 44.3 Å². The molecule has 2 aromatic carbocycles. The van der Waals surface area contributed by atoms with Crippen LogP contribution in [0.3, 0.4) is 0 Å². The molecule has 2 saturated heterocycles. The van der Waals surface area contributed by atoms with E-state index in [4.69, 9.17) is 9.84 Å². The number of amides is 1. The Balaban J connectivity index is 1.35. The molecule has 1 amide bonds. The van der Waals surface area contributed by atoms with Crippen LogP contribution in [0.1, 0.15) is 37.7 Å². The minimum Gasteiger partial charge on any atom is -0.489 e. The van der Waals surface area contributed by atoms with Crippen LogP contribution in [0, 0.1) is 5.82 Å². The summed E-state index contributed by atoms with van der Waals surface area (Å²) in [5, 5.41) is 11.1. The molecule has 0 radical (unpaired) electrons. The minimum absolute atomic E-state index is 0.0544. The molecule has 192 valence electrons. The summed E-state index contributed by atoms with van der Waals surface area (Å²) in [4.78, 5) is 28.3. The van der Waals surface area contributed by atoms with Gasteiger partial charge < -0.3 is 14.7 Å². The maximum Gasteiger partial charge on any atom is 0.407 e. The van der Waals surface area contributed by atoms with E-state index in [1.165, 1.54) is 17.0 Å². The fourth-order valence-corrected chi connectivity index (χ4v) is 5.98. The first kappa shape index (κ1) is 24.5. The van der Waals surface area contributed by atoms with Crippen molar-refractivity contribution in [1.82, 2.24) is 15.2 Å². The van der Waals surface area contributed by atoms with Gasteiger partial charge in [0, 0.05) is 38.2 Å². The Labute approximate surface area is 210 Å². The average Bonchev–Trinajstić information content (AvgIpc) is 3.23. The molecule has 3 atom stereocenters. The smallest absolute Gasteiger partial charge is 0.407 e. The molecule has 2 fully saturated rings. The van der Waals surface area contributed by atoms with Gasteiger partial charge in [-0.3, -0.25) is 14.7 Å². The molecule has 3 aliphatic heterocycles. The zero-order chi connectivity index (χ0) is 25.3. The zero-order valence-corrected chi connectivity index (χ0v) is 20.5. The largest absolute Gasteiger partial charge is 0.489 e. The normalized spacial score (nSPS) is 25.7. The molecule has 0 aliphatic carbocycles. The van der Waals surface area contributed by atoms with E-state index in [1.807, 2.05) is 23.2 Å². The Hall–Kier alpha value is -3.17. The van der Waals surface area contributed by atoms with Crippen molar-refractivity contribution in [2.45, 2.75) is 43.7 Å². The highest BCUT2D eigenvalue weighted by Crippen LogP contribution is 2.48. The van der Waals surface area contributed by atoms with E-state index < -0.39 is 11.6 Å². The monoisotopic (exact) mass is 496 g/mol. The summed E-state index contributed by atoms with van der Waals surface area (Å²) in [7, 11) is 0. The molecule has 0 spiro atoms. The molecule has 5 rings (SSSR count). The number of ketones is 1. The molecule has 2 aromatic rings. The second kappa shape index (κ2) is 10.1. The average molecular weight is 497 g/mol. The van der Waals surface area contributed by atoms with Crippen LogP contribution in [-0.4, -0.2) is 77.7 Å². The van der Waals surface area contributed by atoms with Gasteiger partial charge in [-0.25, -0.2) is 14.6 Å². The highest BCUT2D eigenvalue weighted by molar-refractivity contribution is 5.89. The molecule has 0 saturated carbocycles.